The first kappa shape index (κ1) is 13.4. The first-order valence-corrected chi connectivity index (χ1v) is 5.56. The van der Waals surface area contributed by atoms with Crippen LogP contribution in [0, 0.1) is 11.3 Å². The number of nitrogens with zero attached hydrogens (tertiary/aromatic N) is 1. The van der Waals surface area contributed by atoms with Gasteiger partial charge in [0.15, 0.2) is 0 Å². The van der Waals surface area contributed by atoms with Crippen molar-refractivity contribution in [2.75, 3.05) is 0 Å². The third-order valence-electron chi connectivity index (χ3n) is 2.86. The number of fused-ring (bicyclic) bond motifs is 1. The smallest absolute Gasteiger partial charge is 0.347 e. The Labute approximate surface area is 112 Å². The van der Waals surface area contributed by atoms with Crippen molar-refractivity contribution in [1.82, 2.24) is 0 Å². The molecule has 6 nitrogen and oxygen atoms in total. The van der Waals surface area contributed by atoms with E-state index in [1.807, 2.05) is 0 Å². The fourth-order valence-electron chi connectivity index (χ4n) is 1.88. The highest BCUT2D eigenvalue weighted by atomic mass is 16.4. The lowest BCUT2D eigenvalue weighted by Gasteiger charge is -2.07. The molecular weight excluding hydrogens is 262 g/mol. The second-order valence-electron chi connectivity index (χ2n) is 4.03. The summed E-state index contributed by atoms with van der Waals surface area (Å²) in [4.78, 5) is 22.8. The largest absolute Gasteiger partial charge is 0.506 e. The molecule has 0 bridgehead atoms. The standard InChI is InChI=1S/C14H9NO5/c1-7(9(6-15)13(17)18)11-12(16)8-4-2-3-5-10(8)20-14(11)19/h2-5,16H,1H3,(H,17,18)/b9-7-. The van der Waals surface area contributed by atoms with Crippen molar-refractivity contribution in [3.05, 3.63) is 45.8 Å². The predicted octanol–water partition coefficient (Wildman–Crippen LogP) is 1.88. The average molecular weight is 271 g/mol. The second-order valence-corrected chi connectivity index (χ2v) is 4.03. The molecule has 20 heavy (non-hydrogen) atoms. The fraction of sp³-hybridized carbons (Fsp3) is 0.0714. The van der Waals surface area contributed by atoms with Gasteiger partial charge in [-0.1, -0.05) is 12.1 Å². The molecule has 0 aliphatic carbocycles. The molecule has 1 aromatic heterocycles. The van der Waals surface area contributed by atoms with E-state index < -0.39 is 22.9 Å². The summed E-state index contributed by atoms with van der Waals surface area (Å²) in [5.41, 5.74) is -1.80. The number of carboxylic acids is 1. The van der Waals surface area contributed by atoms with E-state index >= 15 is 0 Å². The maximum atomic E-state index is 11.9. The Morgan fingerprint density at radius 1 is 1.35 bits per heavy atom. The Balaban J connectivity index is 2.90. The third kappa shape index (κ3) is 2.01. The zero-order valence-electron chi connectivity index (χ0n) is 10.4. The SMILES string of the molecule is C/C(=C(\C#N)C(=O)O)c1c(O)c2ccccc2oc1=O. The first-order valence-electron chi connectivity index (χ1n) is 5.56. The van der Waals surface area contributed by atoms with E-state index in [0.717, 1.165) is 0 Å². The predicted molar refractivity (Wildman–Crippen MR) is 70.0 cm³/mol. The van der Waals surface area contributed by atoms with Crippen LogP contribution in [0.3, 0.4) is 0 Å². The summed E-state index contributed by atoms with van der Waals surface area (Å²) in [6, 6.07) is 7.78. The Bertz CT molecular complexity index is 839. The molecule has 1 heterocycles. The molecule has 100 valence electrons. The highest BCUT2D eigenvalue weighted by molar-refractivity contribution is 6.01. The van der Waals surface area contributed by atoms with Crippen molar-refractivity contribution >= 4 is 22.5 Å². The molecule has 0 saturated heterocycles. The summed E-state index contributed by atoms with van der Waals surface area (Å²) < 4.78 is 5.02. The molecule has 0 spiro atoms. The van der Waals surface area contributed by atoms with Gasteiger partial charge in [0.1, 0.15) is 28.5 Å². The van der Waals surface area contributed by atoms with Gasteiger partial charge in [-0.2, -0.15) is 5.26 Å². The van der Waals surface area contributed by atoms with Crippen LogP contribution in [0.15, 0.2) is 39.1 Å². The lowest BCUT2D eigenvalue weighted by atomic mass is 10.0. The molecule has 0 aliphatic heterocycles. The summed E-state index contributed by atoms with van der Waals surface area (Å²) in [7, 11) is 0. The summed E-state index contributed by atoms with van der Waals surface area (Å²) in [5.74, 6) is -1.87. The number of carbonyl (C=O) groups is 1. The quantitative estimate of drug-likeness (QED) is 0.490. The van der Waals surface area contributed by atoms with Crippen LogP contribution < -0.4 is 5.63 Å². The van der Waals surface area contributed by atoms with Crippen molar-refractivity contribution in [1.29, 1.82) is 5.26 Å². The highest BCUT2D eigenvalue weighted by Gasteiger charge is 2.20. The Kier molecular flexibility index (Phi) is 3.27. The normalized spacial score (nSPS) is 11.8. The number of allylic oxidation sites excluding steroid dienone is 1. The minimum Gasteiger partial charge on any atom is -0.506 e. The fourth-order valence-corrected chi connectivity index (χ4v) is 1.88. The van der Waals surface area contributed by atoms with Gasteiger partial charge in [0.25, 0.3) is 0 Å². The van der Waals surface area contributed by atoms with Crippen LogP contribution in [0.2, 0.25) is 0 Å². The van der Waals surface area contributed by atoms with E-state index in [1.165, 1.54) is 25.1 Å². The molecule has 2 aromatic rings. The van der Waals surface area contributed by atoms with Crippen LogP contribution in [0.4, 0.5) is 0 Å². The Morgan fingerprint density at radius 2 is 2.00 bits per heavy atom. The number of hydrogen-bond donors (Lipinski definition) is 2. The topological polar surface area (TPSA) is 112 Å². The van der Waals surface area contributed by atoms with Crippen LogP contribution in [0.5, 0.6) is 5.75 Å². The zero-order chi connectivity index (χ0) is 14.9. The van der Waals surface area contributed by atoms with Crippen LogP contribution in [-0.2, 0) is 4.79 Å². The van der Waals surface area contributed by atoms with Crippen molar-refractivity contribution in [3.63, 3.8) is 0 Å². The van der Waals surface area contributed by atoms with Crippen LogP contribution in [0.25, 0.3) is 16.5 Å². The highest BCUT2D eigenvalue weighted by Crippen LogP contribution is 2.31. The molecule has 0 radical (unpaired) electrons. The van der Waals surface area contributed by atoms with Crippen molar-refractivity contribution in [2.45, 2.75) is 6.92 Å². The number of aromatic hydroxyl groups is 1. The zero-order valence-corrected chi connectivity index (χ0v) is 10.4. The molecule has 0 atom stereocenters. The van der Waals surface area contributed by atoms with Gasteiger partial charge < -0.3 is 14.6 Å². The number of rotatable bonds is 2. The Morgan fingerprint density at radius 3 is 2.60 bits per heavy atom. The van der Waals surface area contributed by atoms with Crippen molar-refractivity contribution in [2.24, 2.45) is 0 Å². The molecule has 0 unspecified atom stereocenters. The van der Waals surface area contributed by atoms with E-state index in [1.54, 1.807) is 12.1 Å². The molecule has 0 saturated carbocycles. The van der Waals surface area contributed by atoms with Gasteiger partial charge in [0.2, 0.25) is 0 Å². The van der Waals surface area contributed by atoms with Crippen LogP contribution >= 0.6 is 0 Å². The maximum absolute atomic E-state index is 11.9. The van der Waals surface area contributed by atoms with Gasteiger partial charge >= 0.3 is 11.6 Å². The van der Waals surface area contributed by atoms with Crippen molar-refractivity contribution < 1.29 is 19.4 Å². The van der Waals surface area contributed by atoms with Gasteiger partial charge in [-0.3, -0.25) is 0 Å². The van der Waals surface area contributed by atoms with Crippen LogP contribution in [0.1, 0.15) is 12.5 Å². The minimum atomic E-state index is -1.48. The molecule has 0 fully saturated rings. The van der Waals surface area contributed by atoms with Gasteiger partial charge in [-0.05, 0) is 24.6 Å². The summed E-state index contributed by atoms with van der Waals surface area (Å²) in [5, 5.41) is 28.1. The molecule has 2 N–H and O–H groups in total. The lowest BCUT2D eigenvalue weighted by Crippen LogP contribution is -2.10. The molecular formula is C14H9NO5. The molecule has 1 aromatic carbocycles. The van der Waals surface area contributed by atoms with Gasteiger partial charge in [-0.15, -0.1) is 0 Å². The average Bonchev–Trinajstić information content (AvgIpc) is 2.39. The van der Waals surface area contributed by atoms with E-state index in [-0.39, 0.29) is 22.1 Å². The van der Waals surface area contributed by atoms with E-state index in [2.05, 4.69) is 0 Å². The van der Waals surface area contributed by atoms with E-state index in [9.17, 15) is 14.7 Å². The first-order chi connectivity index (χ1) is 9.47. The number of aliphatic carboxylic acids is 1. The molecule has 0 amide bonds. The number of para-hydroxylation sites is 1. The summed E-state index contributed by atoms with van der Waals surface area (Å²) in [6.07, 6.45) is 0. The van der Waals surface area contributed by atoms with Crippen molar-refractivity contribution in [3.8, 4) is 11.8 Å². The molecule has 2 rings (SSSR count). The van der Waals surface area contributed by atoms with E-state index in [4.69, 9.17) is 14.8 Å². The molecule has 6 heteroatoms. The molecule has 0 aliphatic rings. The minimum absolute atomic E-state index is 0.142. The van der Waals surface area contributed by atoms with Crippen LogP contribution in [-0.4, -0.2) is 16.2 Å². The second kappa shape index (κ2) is 4.90. The number of benzene rings is 1. The summed E-state index contributed by atoms with van der Waals surface area (Å²) >= 11 is 0. The number of nitriles is 1. The maximum Gasteiger partial charge on any atom is 0.347 e. The Hall–Kier alpha value is -3.07. The number of hydrogen-bond acceptors (Lipinski definition) is 5. The van der Waals surface area contributed by atoms with Gasteiger partial charge in [0, 0.05) is 0 Å². The van der Waals surface area contributed by atoms with E-state index in [0.29, 0.717) is 0 Å². The summed E-state index contributed by atoms with van der Waals surface area (Å²) in [6.45, 7) is 1.27. The van der Waals surface area contributed by atoms with Gasteiger partial charge in [-0.25, -0.2) is 9.59 Å². The lowest BCUT2D eigenvalue weighted by molar-refractivity contribution is -0.132. The van der Waals surface area contributed by atoms with Gasteiger partial charge in [0.05, 0.1) is 5.39 Å². The third-order valence-corrected chi connectivity index (χ3v) is 2.86. The monoisotopic (exact) mass is 271 g/mol. The number of carboxylic acid groups (broad SMARTS) is 1.